The molecule has 0 heterocycles. The maximum atomic E-state index is 10.9. The Labute approximate surface area is 72.2 Å². The number of hydrogen-bond donors (Lipinski definition) is 4. The highest BCUT2D eigenvalue weighted by Gasteiger charge is 2.26. The molecule has 0 saturated carbocycles. The van der Waals surface area contributed by atoms with Gasteiger partial charge in [0, 0.05) is 7.05 Å². The molecule has 0 aliphatic rings. The number of hydrogen-bond acceptors (Lipinski definition) is 3. The summed E-state index contributed by atoms with van der Waals surface area (Å²) >= 11 is 0. The molecule has 0 fully saturated rings. The van der Waals surface area contributed by atoms with Crippen LogP contribution in [0.25, 0.3) is 0 Å². The van der Waals surface area contributed by atoms with Gasteiger partial charge in [0.05, 0.1) is 5.54 Å². The van der Waals surface area contributed by atoms with Gasteiger partial charge in [0.25, 0.3) is 10.2 Å². The van der Waals surface area contributed by atoms with Crippen LogP contribution in [0.3, 0.4) is 0 Å². The second-order valence-corrected chi connectivity index (χ2v) is 4.47. The molecule has 0 atom stereocenters. The highest BCUT2D eigenvalue weighted by molar-refractivity contribution is 7.87. The van der Waals surface area contributed by atoms with Crippen LogP contribution in [0.2, 0.25) is 0 Å². The zero-order chi connectivity index (χ0) is 9.99. The Morgan fingerprint density at radius 2 is 1.92 bits per heavy atom. The van der Waals surface area contributed by atoms with Gasteiger partial charge in [-0.15, -0.1) is 0 Å². The first-order valence-electron chi connectivity index (χ1n) is 3.28. The SMILES string of the molecule is CNS(=O)(=O)NC(C)(C)C(=N)N. The van der Waals surface area contributed by atoms with E-state index in [2.05, 4.69) is 9.44 Å². The summed E-state index contributed by atoms with van der Waals surface area (Å²) in [7, 11) is -2.27. The summed E-state index contributed by atoms with van der Waals surface area (Å²) in [5.74, 6) is -0.235. The van der Waals surface area contributed by atoms with Crippen LogP contribution in [0.15, 0.2) is 0 Å². The predicted octanol–water partition coefficient (Wildman–Crippen LogP) is -1.25. The summed E-state index contributed by atoms with van der Waals surface area (Å²) in [6.45, 7) is 3.01. The Bertz CT molecular complexity index is 269. The van der Waals surface area contributed by atoms with Gasteiger partial charge in [-0.2, -0.15) is 13.1 Å². The highest BCUT2D eigenvalue weighted by atomic mass is 32.2. The van der Waals surface area contributed by atoms with Crippen LogP contribution in [-0.2, 0) is 10.2 Å². The molecule has 7 heteroatoms. The molecule has 0 amide bonds. The minimum absolute atomic E-state index is 0.235. The molecular formula is C5H14N4O2S. The molecule has 5 N–H and O–H groups in total. The third kappa shape index (κ3) is 3.16. The summed E-state index contributed by atoms with van der Waals surface area (Å²) in [6, 6.07) is 0. The van der Waals surface area contributed by atoms with Crippen molar-refractivity contribution in [3.05, 3.63) is 0 Å². The molecule has 6 nitrogen and oxygen atoms in total. The van der Waals surface area contributed by atoms with Crippen molar-refractivity contribution in [3.63, 3.8) is 0 Å². The highest BCUT2D eigenvalue weighted by Crippen LogP contribution is 2.01. The van der Waals surface area contributed by atoms with Crippen LogP contribution in [0.4, 0.5) is 0 Å². The lowest BCUT2D eigenvalue weighted by molar-refractivity contribution is 0.535. The maximum Gasteiger partial charge on any atom is 0.277 e. The van der Waals surface area contributed by atoms with Crippen LogP contribution in [0.5, 0.6) is 0 Å². The first-order valence-corrected chi connectivity index (χ1v) is 4.76. The van der Waals surface area contributed by atoms with Crippen LogP contribution in [-0.4, -0.2) is 26.8 Å². The van der Waals surface area contributed by atoms with E-state index in [1.165, 1.54) is 20.9 Å². The van der Waals surface area contributed by atoms with Gasteiger partial charge in [0.2, 0.25) is 0 Å². The van der Waals surface area contributed by atoms with Crippen LogP contribution in [0, 0.1) is 5.41 Å². The second-order valence-electron chi connectivity index (χ2n) is 2.85. The average molecular weight is 194 g/mol. The first-order chi connectivity index (χ1) is 5.21. The standard InChI is InChI=1S/C5H14N4O2S/c1-5(2,4(6)7)9-12(10,11)8-3/h8-9H,1-3H3,(H3,6,7). The average Bonchev–Trinajstić information content (AvgIpc) is 1.85. The van der Waals surface area contributed by atoms with Crippen LogP contribution in [0.1, 0.15) is 13.8 Å². The van der Waals surface area contributed by atoms with Crippen molar-refractivity contribution in [2.75, 3.05) is 7.05 Å². The zero-order valence-corrected chi connectivity index (χ0v) is 8.12. The minimum Gasteiger partial charge on any atom is -0.386 e. The van der Waals surface area contributed by atoms with Crippen molar-refractivity contribution in [1.29, 1.82) is 5.41 Å². The van der Waals surface area contributed by atoms with Gasteiger partial charge in [-0.25, -0.2) is 4.72 Å². The van der Waals surface area contributed by atoms with Crippen LogP contribution < -0.4 is 15.2 Å². The van der Waals surface area contributed by atoms with Crippen molar-refractivity contribution in [3.8, 4) is 0 Å². The Morgan fingerprint density at radius 1 is 1.50 bits per heavy atom. The molecule has 0 unspecified atom stereocenters. The summed E-state index contributed by atoms with van der Waals surface area (Å²) < 4.78 is 26.1. The largest absolute Gasteiger partial charge is 0.386 e. The molecule has 72 valence electrons. The van der Waals surface area contributed by atoms with E-state index in [1.54, 1.807) is 0 Å². The lowest BCUT2D eigenvalue weighted by atomic mass is 10.1. The fraction of sp³-hybridized carbons (Fsp3) is 0.800. The number of rotatable bonds is 4. The van der Waals surface area contributed by atoms with Gasteiger partial charge in [-0.1, -0.05) is 0 Å². The number of nitrogens with one attached hydrogen (secondary N) is 3. The van der Waals surface area contributed by atoms with E-state index < -0.39 is 15.7 Å². The molecule has 0 aromatic carbocycles. The Kier molecular flexibility index (Phi) is 3.19. The van der Waals surface area contributed by atoms with Crippen molar-refractivity contribution in [2.45, 2.75) is 19.4 Å². The van der Waals surface area contributed by atoms with Crippen molar-refractivity contribution < 1.29 is 8.42 Å². The molecule has 0 aliphatic heterocycles. The zero-order valence-electron chi connectivity index (χ0n) is 7.30. The molecular weight excluding hydrogens is 180 g/mol. The van der Waals surface area contributed by atoms with E-state index in [1.807, 2.05) is 0 Å². The molecule has 0 aromatic rings. The topological polar surface area (TPSA) is 108 Å². The third-order valence-corrected chi connectivity index (χ3v) is 2.65. The van der Waals surface area contributed by atoms with E-state index in [0.717, 1.165) is 0 Å². The molecule has 0 radical (unpaired) electrons. The molecule has 0 saturated heterocycles. The van der Waals surface area contributed by atoms with E-state index >= 15 is 0 Å². The van der Waals surface area contributed by atoms with Crippen molar-refractivity contribution in [2.24, 2.45) is 5.73 Å². The van der Waals surface area contributed by atoms with Gasteiger partial charge in [0.1, 0.15) is 5.84 Å². The minimum atomic E-state index is -3.54. The Balaban J connectivity index is 4.57. The van der Waals surface area contributed by atoms with E-state index in [9.17, 15) is 8.42 Å². The van der Waals surface area contributed by atoms with Gasteiger partial charge in [0.15, 0.2) is 0 Å². The smallest absolute Gasteiger partial charge is 0.277 e. The fourth-order valence-electron chi connectivity index (χ4n) is 0.442. The first kappa shape index (κ1) is 11.3. The molecule has 12 heavy (non-hydrogen) atoms. The third-order valence-electron chi connectivity index (χ3n) is 1.33. The molecule has 0 aliphatic carbocycles. The van der Waals surface area contributed by atoms with Gasteiger partial charge in [-0.05, 0) is 13.8 Å². The Morgan fingerprint density at radius 3 is 2.17 bits per heavy atom. The molecule has 0 bridgehead atoms. The summed E-state index contributed by atoms with van der Waals surface area (Å²) in [6.07, 6.45) is 0. The van der Waals surface area contributed by atoms with E-state index in [0.29, 0.717) is 0 Å². The molecule has 0 aromatic heterocycles. The van der Waals surface area contributed by atoms with E-state index in [4.69, 9.17) is 11.1 Å². The summed E-state index contributed by atoms with van der Waals surface area (Å²) in [5.41, 5.74) is 4.11. The predicted molar refractivity (Wildman–Crippen MR) is 47.1 cm³/mol. The van der Waals surface area contributed by atoms with Gasteiger partial charge in [-0.3, -0.25) is 5.41 Å². The lowest BCUT2D eigenvalue weighted by Gasteiger charge is -2.23. The number of amidine groups is 1. The van der Waals surface area contributed by atoms with Crippen molar-refractivity contribution >= 4 is 16.0 Å². The fourth-order valence-corrected chi connectivity index (χ4v) is 1.33. The second kappa shape index (κ2) is 3.38. The molecule has 0 rings (SSSR count). The van der Waals surface area contributed by atoms with E-state index in [-0.39, 0.29) is 5.84 Å². The molecule has 0 spiro atoms. The maximum absolute atomic E-state index is 10.9. The van der Waals surface area contributed by atoms with Gasteiger partial charge < -0.3 is 5.73 Å². The monoisotopic (exact) mass is 194 g/mol. The Hall–Kier alpha value is -0.660. The normalized spacial score (nSPS) is 12.9. The lowest BCUT2D eigenvalue weighted by Crippen LogP contribution is -2.55. The van der Waals surface area contributed by atoms with Crippen molar-refractivity contribution in [1.82, 2.24) is 9.44 Å². The quantitative estimate of drug-likeness (QED) is 0.332. The number of nitrogens with two attached hydrogens (primary N) is 1. The van der Waals surface area contributed by atoms with Gasteiger partial charge >= 0.3 is 0 Å². The summed E-state index contributed by atoms with van der Waals surface area (Å²) in [4.78, 5) is 0. The summed E-state index contributed by atoms with van der Waals surface area (Å²) in [5, 5.41) is 7.08. The van der Waals surface area contributed by atoms with Crippen LogP contribution >= 0.6 is 0 Å².